The van der Waals surface area contributed by atoms with Crippen molar-refractivity contribution in [3.05, 3.63) is 58.6 Å². The summed E-state index contributed by atoms with van der Waals surface area (Å²) in [5.41, 5.74) is 1.60. The third-order valence-electron chi connectivity index (χ3n) is 3.42. The fourth-order valence-corrected chi connectivity index (χ4v) is 3.22. The molecule has 0 bridgehead atoms. The molecule has 1 amide bonds. The number of hydrogen-bond acceptors (Lipinski definition) is 4. The van der Waals surface area contributed by atoms with Crippen molar-refractivity contribution in [1.29, 1.82) is 0 Å². The molecule has 0 unspecified atom stereocenters. The SMILES string of the molecule is CC[S@@](=O)c1ccccc1C(=O)OCC(=O)Nc1cc(Cl)ccc1C. The highest BCUT2D eigenvalue weighted by Gasteiger charge is 2.17. The average Bonchev–Trinajstić information content (AvgIpc) is 2.62. The van der Waals surface area contributed by atoms with Gasteiger partial charge in [-0.05, 0) is 36.8 Å². The van der Waals surface area contributed by atoms with E-state index in [1.165, 1.54) is 6.07 Å². The van der Waals surface area contributed by atoms with E-state index >= 15 is 0 Å². The van der Waals surface area contributed by atoms with Gasteiger partial charge in [-0.1, -0.05) is 36.7 Å². The molecule has 1 N–H and O–H groups in total. The monoisotopic (exact) mass is 379 g/mol. The molecule has 25 heavy (non-hydrogen) atoms. The van der Waals surface area contributed by atoms with Gasteiger partial charge in [0.2, 0.25) is 0 Å². The van der Waals surface area contributed by atoms with E-state index in [4.69, 9.17) is 16.3 Å². The van der Waals surface area contributed by atoms with Gasteiger partial charge in [-0.25, -0.2) is 4.79 Å². The number of aryl methyl sites for hydroxylation is 1. The number of carbonyl (C=O) groups excluding carboxylic acids is 2. The topological polar surface area (TPSA) is 72.5 Å². The van der Waals surface area contributed by atoms with E-state index in [2.05, 4.69) is 5.32 Å². The highest BCUT2D eigenvalue weighted by atomic mass is 35.5. The van der Waals surface area contributed by atoms with Crippen molar-refractivity contribution in [2.75, 3.05) is 17.7 Å². The zero-order chi connectivity index (χ0) is 18.4. The maximum atomic E-state index is 12.2. The summed E-state index contributed by atoms with van der Waals surface area (Å²) in [6, 6.07) is 11.6. The van der Waals surface area contributed by atoms with Crippen LogP contribution in [-0.4, -0.2) is 28.4 Å². The van der Waals surface area contributed by atoms with Gasteiger partial charge in [0.1, 0.15) is 0 Å². The normalized spacial score (nSPS) is 11.6. The molecule has 0 heterocycles. The molecule has 0 radical (unpaired) electrons. The zero-order valence-electron chi connectivity index (χ0n) is 13.9. The van der Waals surface area contributed by atoms with Crippen LogP contribution in [0.3, 0.4) is 0 Å². The predicted molar refractivity (Wildman–Crippen MR) is 98.5 cm³/mol. The Kier molecular flexibility index (Phi) is 6.73. The van der Waals surface area contributed by atoms with Gasteiger partial charge in [0.15, 0.2) is 6.61 Å². The van der Waals surface area contributed by atoms with Crippen LogP contribution in [0, 0.1) is 6.92 Å². The first-order valence-electron chi connectivity index (χ1n) is 7.63. The Morgan fingerprint density at radius 1 is 1.20 bits per heavy atom. The zero-order valence-corrected chi connectivity index (χ0v) is 15.4. The Balaban J connectivity index is 2.02. The number of rotatable bonds is 6. The minimum absolute atomic E-state index is 0.203. The number of hydrogen-bond donors (Lipinski definition) is 1. The Morgan fingerprint density at radius 3 is 2.64 bits per heavy atom. The molecule has 0 spiro atoms. The summed E-state index contributed by atoms with van der Waals surface area (Å²) in [4.78, 5) is 24.6. The Labute approximate surface area is 153 Å². The molecule has 2 aromatic rings. The van der Waals surface area contributed by atoms with E-state index in [9.17, 15) is 13.8 Å². The van der Waals surface area contributed by atoms with E-state index in [1.807, 2.05) is 6.92 Å². The van der Waals surface area contributed by atoms with E-state index in [0.717, 1.165) is 5.56 Å². The number of anilines is 1. The molecule has 5 nitrogen and oxygen atoms in total. The average molecular weight is 380 g/mol. The van der Waals surface area contributed by atoms with Crippen molar-refractivity contribution in [1.82, 2.24) is 0 Å². The van der Waals surface area contributed by atoms with Crippen molar-refractivity contribution >= 4 is 40.0 Å². The first-order chi connectivity index (χ1) is 11.9. The fraction of sp³-hybridized carbons (Fsp3) is 0.222. The third-order valence-corrected chi connectivity index (χ3v) is 5.03. The third kappa shape index (κ3) is 5.14. The van der Waals surface area contributed by atoms with Gasteiger partial charge >= 0.3 is 5.97 Å². The summed E-state index contributed by atoms with van der Waals surface area (Å²) in [6.07, 6.45) is 0. The van der Waals surface area contributed by atoms with Crippen LogP contribution in [0.2, 0.25) is 5.02 Å². The van der Waals surface area contributed by atoms with Gasteiger partial charge in [-0.2, -0.15) is 0 Å². The van der Waals surface area contributed by atoms with Crippen molar-refractivity contribution in [2.24, 2.45) is 0 Å². The van der Waals surface area contributed by atoms with Crippen LogP contribution >= 0.6 is 11.6 Å². The molecule has 0 aromatic heterocycles. The number of benzene rings is 2. The summed E-state index contributed by atoms with van der Waals surface area (Å²) in [6.45, 7) is 3.14. The van der Waals surface area contributed by atoms with Gasteiger partial charge in [0.25, 0.3) is 5.91 Å². The quantitative estimate of drug-likeness (QED) is 0.779. The highest BCUT2D eigenvalue weighted by molar-refractivity contribution is 7.85. The minimum Gasteiger partial charge on any atom is -0.452 e. The molecule has 0 saturated carbocycles. The Morgan fingerprint density at radius 2 is 1.92 bits per heavy atom. The van der Waals surface area contributed by atoms with E-state index in [-0.39, 0.29) is 5.56 Å². The second-order valence-electron chi connectivity index (χ2n) is 5.21. The van der Waals surface area contributed by atoms with Crippen LogP contribution in [0.25, 0.3) is 0 Å². The lowest BCUT2D eigenvalue weighted by Crippen LogP contribution is -2.22. The molecule has 0 aliphatic heterocycles. The number of nitrogens with one attached hydrogen (secondary N) is 1. The van der Waals surface area contributed by atoms with Crippen molar-refractivity contribution in [3.8, 4) is 0 Å². The van der Waals surface area contributed by atoms with Crippen LogP contribution in [0.5, 0.6) is 0 Å². The minimum atomic E-state index is -1.29. The molecule has 0 aliphatic rings. The van der Waals surface area contributed by atoms with Gasteiger partial charge in [-0.3, -0.25) is 9.00 Å². The van der Waals surface area contributed by atoms with Crippen molar-refractivity contribution < 1.29 is 18.5 Å². The molecule has 0 saturated heterocycles. The van der Waals surface area contributed by atoms with Gasteiger partial charge in [0, 0.05) is 16.5 Å². The number of amides is 1. The smallest absolute Gasteiger partial charge is 0.339 e. The van der Waals surface area contributed by atoms with E-state index in [0.29, 0.717) is 21.4 Å². The van der Waals surface area contributed by atoms with Crippen LogP contribution in [-0.2, 0) is 20.3 Å². The summed E-state index contributed by atoms with van der Waals surface area (Å²) in [5.74, 6) is -0.776. The molecular weight excluding hydrogens is 362 g/mol. The molecule has 7 heteroatoms. The maximum Gasteiger partial charge on any atom is 0.339 e. The van der Waals surface area contributed by atoms with Crippen LogP contribution < -0.4 is 5.32 Å². The second kappa shape index (κ2) is 8.78. The number of halogens is 1. The van der Waals surface area contributed by atoms with E-state index < -0.39 is 29.3 Å². The lowest BCUT2D eigenvalue weighted by Gasteiger charge is -2.10. The van der Waals surface area contributed by atoms with Gasteiger partial charge in [0.05, 0.1) is 21.3 Å². The molecule has 2 rings (SSSR count). The first-order valence-corrected chi connectivity index (χ1v) is 9.32. The lowest BCUT2D eigenvalue weighted by atomic mass is 10.2. The molecular formula is C18H18ClNO4S. The van der Waals surface area contributed by atoms with Crippen molar-refractivity contribution in [2.45, 2.75) is 18.7 Å². The Bertz CT molecular complexity index is 822. The Hall–Kier alpha value is -2.18. The van der Waals surface area contributed by atoms with Crippen molar-refractivity contribution in [3.63, 3.8) is 0 Å². The summed E-state index contributed by atoms with van der Waals surface area (Å²) < 4.78 is 17.0. The highest BCUT2D eigenvalue weighted by Crippen LogP contribution is 2.20. The van der Waals surface area contributed by atoms with Gasteiger partial charge in [-0.15, -0.1) is 0 Å². The number of carbonyl (C=O) groups is 2. The van der Waals surface area contributed by atoms with Crippen LogP contribution in [0.4, 0.5) is 5.69 Å². The molecule has 1 atom stereocenters. The standard InChI is InChI=1S/C18H18ClNO4S/c1-3-25(23)16-7-5-4-6-14(16)18(22)24-11-17(21)20-15-10-13(19)9-8-12(15)2/h4-10H,3,11H2,1-2H3,(H,20,21)/t25-/m1/s1. The number of esters is 1. The second-order valence-corrected chi connectivity index (χ2v) is 7.36. The van der Waals surface area contributed by atoms with Gasteiger partial charge < -0.3 is 10.1 Å². The first kappa shape index (κ1) is 19.1. The largest absolute Gasteiger partial charge is 0.452 e. The molecule has 2 aromatic carbocycles. The number of ether oxygens (including phenoxy) is 1. The maximum absolute atomic E-state index is 12.2. The molecule has 0 aliphatic carbocycles. The summed E-state index contributed by atoms with van der Waals surface area (Å²) in [7, 11) is -1.29. The van der Waals surface area contributed by atoms with Crippen LogP contribution in [0.1, 0.15) is 22.8 Å². The van der Waals surface area contributed by atoms with Crippen LogP contribution in [0.15, 0.2) is 47.4 Å². The molecule has 0 fully saturated rings. The molecule has 132 valence electrons. The lowest BCUT2D eigenvalue weighted by molar-refractivity contribution is -0.119. The predicted octanol–water partition coefficient (Wildman–Crippen LogP) is 3.57. The summed E-state index contributed by atoms with van der Waals surface area (Å²) in [5, 5.41) is 3.14. The summed E-state index contributed by atoms with van der Waals surface area (Å²) >= 11 is 5.90. The fourth-order valence-electron chi connectivity index (χ4n) is 2.11. The van der Waals surface area contributed by atoms with E-state index in [1.54, 1.807) is 43.3 Å².